The molecule has 0 bridgehead atoms. The molecule has 0 spiro atoms. The highest BCUT2D eigenvalue weighted by Gasteiger charge is 2.23. The van der Waals surface area contributed by atoms with Gasteiger partial charge >= 0.3 is 0 Å². The molecule has 1 aromatic carbocycles. The third kappa shape index (κ3) is 6.44. The number of aliphatic imine (C=N–C) groups is 1. The van der Waals surface area contributed by atoms with Gasteiger partial charge in [0, 0.05) is 31.4 Å². The number of hydrogen-bond acceptors (Lipinski definition) is 4. The first-order chi connectivity index (χ1) is 12.7. The van der Waals surface area contributed by atoms with E-state index >= 15 is 0 Å². The van der Waals surface area contributed by atoms with Gasteiger partial charge in [-0.2, -0.15) is 11.8 Å². The van der Waals surface area contributed by atoms with E-state index in [1.54, 1.807) is 7.05 Å². The molecule has 1 aliphatic heterocycles. The standard InChI is InChI=1S/C19H28N4O2S/c1-20-19(22-12-17-6-3-9-26-17)21-11-14-4-2-5-16(10-14)25-13-18(24)23-15-7-8-15/h2,4-5,10,15,17H,3,6-9,11-13H2,1H3,(H,23,24)(H2,20,21,22). The van der Waals surface area contributed by atoms with Crippen molar-refractivity contribution in [3.05, 3.63) is 29.8 Å². The third-order valence-corrected chi connectivity index (χ3v) is 5.81. The number of thioether (sulfide) groups is 1. The van der Waals surface area contributed by atoms with Crippen LogP contribution in [0.2, 0.25) is 0 Å². The van der Waals surface area contributed by atoms with Crippen molar-refractivity contribution in [2.75, 3.05) is 26.0 Å². The van der Waals surface area contributed by atoms with Gasteiger partial charge in [-0.1, -0.05) is 12.1 Å². The van der Waals surface area contributed by atoms with Crippen molar-refractivity contribution in [2.24, 2.45) is 4.99 Å². The lowest BCUT2D eigenvalue weighted by Gasteiger charge is -2.15. The summed E-state index contributed by atoms with van der Waals surface area (Å²) in [6, 6.07) is 8.17. The molecule has 1 aliphatic carbocycles. The topological polar surface area (TPSA) is 74.8 Å². The average Bonchev–Trinajstić information content (AvgIpc) is 3.31. The monoisotopic (exact) mass is 376 g/mol. The van der Waals surface area contributed by atoms with Crippen LogP contribution in [0.5, 0.6) is 5.75 Å². The van der Waals surface area contributed by atoms with Gasteiger partial charge in [0.1, 0.15) is 5.75 Å². The third-order valence-electron chi connectivity index (χ3n) is 4.42. The van der Waals surface area contributed by atoms with E-state index in [-0.39, 0.29) is 12.5 Å². The molecule has 0 radical (unpaired) electrons. The number of hydrogen-bond donors (Lipinski definition) is 3. The number of ether oxygens (including phenoxy) is 1. The summed E-state index contributed by atoms with van der Waals surface area (Å²) in [6.07, 6.45) is 4.76. The summed E-state index contributed by atoms with van der Waals surface area (Å²) in [7, 11) is 1.79. The number of guanidine groups is 1. The maximum absolute atomic E-state index is 11.7. The van der Waals surface area contributed by atoms with Gasteiger partial charge < -0.3 is 20.7 Å². The molecule has 3 rings (SSSR count). The Labute approximate surface area is 159 Å². The van der Waals surface area contributed by atoms with E-state index < -0.39 is 0 Å². The molecule has 0 aromatic heterocycles. The SMILES string of the molecule is CN=C(NCc1cccc(OCC(=O)NC2CC2)c1)NCC1CCCS1. The second-order valence-corrected chi connectivity index (χ2v) is 8.13. The van der Waals surface area contributed by atoms with Gasteiger partial charge in [0.05, 0.1) is 0 Å². The largest absolute Gasteiger partial charge is 0.484 e. The predicted molar refractivity (Wildman–Crippen MR) is 107 cm³/mol. The van der Waals surface area contributed by atoms with Crippen LogP contribution in [0, 0.1) is 0 Å². The molecule has 1 saturated carbocycles. The van der Waals surface area contributed by atoms with E-state index in [4.69, 9.17) is 4.74 Å². The zero-order valence-electron chi connectivity index (χ0n) is 15.3. The molecule has 3 N–H and O–H groups in total. The van der Waals surface area contributed by atoms with Crippen LogP contribution in [0.1, 0.15) is 31.2 Å². The summed E-state index contributed by atoms with van der Waals surface area (Å²) >= 11 is 2.03. The van der Waals surface area contributed by atoms with Crippen LogP contribution in [0.3, 0.4) is 0 Å². The van der Waals surface area contributed by atoms with Crippen molar-refractivity contribution >= 4 is 23.6 Å². The van der Waals surface area contributed by atoms with Crippen LogP contribution in [0.15, 0.2) is 29.3 Å². The Kier molecular flexibility index (Phi) is 7.05. The van der Waals surface area contributed by atoms with Crippen molar-refractivity contribution in [2.45, 2.75) is 43.5 Å². The van der Waals surface area contributed by atoms with Crippen LogP contribution in [0.4, 0.5) is 0 Å². The first-order valence-electron chi connectivity index (χ1n) is 9.30. The lowest BCUT2D eigenvalue weighted by molar-refractivity contribution is -0.123. The lowest BCUT2D eigenvalue weighted by atomic mass is 10.2. The second kappa shape index (κ2) is 9.71. The highest BCUT2D eigenvalue weighted by Crippen LogP contribution is 2.25. The lowest BCUT2D eigenvalue weighted by Crippen LogP contribution is -2.39. The Morgan fingerprint density at radius 3 is 2.92 bits per heavy atom. The Morgan fingerprint density at radius 2 is 2.19 bits per heavy atom. The van der Waals surface area contributed by atoms with Gasteiger partial charge in [0.2, 0.25) is 0 Å². The maximum Gasteiger partial charge on any atom is 0.258 e. The maximum atomic E-state index is 11.7. The van der Waals surface area contributed by atoms with E-state index in [1.165, 1.54) is 18.6 Å². The second-order valence-electron chi connectivity index (χ2n) is 6.72. The molecule has 142 valence electrons. The minimum absolute atomic E-state index is 0.0505. The first kappa shape index (κ1) is 18.9. The fourth-order valence-corrected chi connectivity index (χ4v) is 4.01. The molecule has 7 heteroatoms. The molecule has 26 heavy (non-hydrogen) atoms. The highest BCUT2D eigenvalue weighted by molar-refractivity contribution is 8.00. The smallest absolute Gasteiger partial charge is 0.258 e. The number of nitrogens with zero attached hydrogens (tertiary/aromatic N) is 1. The summed E-state index contributed by atoms with van der Waals surface area (Å²) < 4.78 is 5.60. The number of carbonyl (C=O) groups excluding carboxylic acids is 1. The highest BCUT2D eigenvalue weighted by atomic mass is 32.2. The quantitative estimate of drug-likeness (QED) is 0.477. The van der Waals surface area contributed by atoms with Gasteiger partial charge in [-0.05, 0) is 49.1 Å². The predicted octanol–water partition coefficient (Wildman–Crippen LogP) is 1.90. The Bertz CT molecular complexity index is 628. The number of benzene rings is 1. The van der Waals surface area contributed by atoms with E-state index in [0.29, 0.717) is 23.6 Å². The Balaban J connectivity index is 1.40. The van der Waals surface area contributed by atoms with E-state index in [9.17, 15) is 4.79 Å². The van der Waals surface area contributed by atoms with Crippen LogP contribution in [-0.2, 0) is 11.3 Å². The van der Waals surface area contributed by atoms with Gasteiger partial charge in [-0.3, -0.25) is 9.79 Å². The summed E-state index contributed by atoms with van der Waals surface area (Å²) in [5, 5.41) is 10.3. The van der Waals surface area contributed by atoms with Crippen molar-refractivity contribution in [1.29, 1.82) is 0 Å². The molecule has 1 amide bonds. The minimum atomic E-state index is -0.0505. The molecule has 1 saturated heterocycles. The van der Waals surface area contributed by atoms with Crippen LogP contribution < -0.4 is 20.7 Å². The molecule has 1 aromatic rings. The summed E-state index contributed by atoms with van der Waals surface area (Å²) in [6.45, 7) is 1.67. The minimum Gasteiger partial charge on any atom is -0.484 e. The first-order valence-corrected chi connectivity index (χ1v) is 10.3. The fourth-order valence-electron chi connectivity index (χ4n) is 2.81. The Morgan fingerprint density at radius 1 is 1.31 bits per heavy atom. The van der Waals surface area contributed by atoms with Crippen LogP contribution in [-0.4, -0.2) is 49.1 Å². The summed E-state index contributed by atoms with van der Waals surface area (Å²) in [5.41, 5.74) is 1.09. The van der Waals surface area contributed by atoms with E-state index in [2.05, 4.69) is 20.9 Å². The number of amides is 1. The van der Waals surface area contributed by atoms with Crippen molar-refractivity contribution < 1.29 is 9.53 Å². The van der Waals surface area contributed by atoms with Gasteiger partial charge in [0.25, 0.3) is 5.91 Å². The van der Waals surface area contributed by atoms with Crippen LogP contribution in [0.25, 0.3) is 0 Å². The van der Waals surface area contributed by atoms with E-state index in [1.807, 2.05) is 36.0 Å². The molecular formula is C19H28N4O2S. The normalized spacial score (nSPS) is 19.9. The molecule has 2 fully saturated rings. The molecule has 6 nitrogen and oxygen atoms in total. The fraction of sp³-hybridized carbons (Fsp3) is 0.579. The van der Waals surface area contributed by atoms with Gasteiger partial charge in [0.15, 0.2) is 12.6 Å². The van der Waals surface area contributed by atoms with Gasteiger partial charge in [-0.25, -0.2) is 0 Å². The number of nitrogens with one attached hydrogen (secondary N) is 3. The molecule has 1 unspecified atom stereocenters. The summed E-state index contributed by atoms with van der Waals surface area (Å²) in [5.74, 6) is 2.74. The zero-order valence-corrected chi connectivity index (χ0v) is 16.1. The number of carbonyl (C=O) groups is 1. The Hall–Kier alpha value is -1.89. The average molecular weight is 377 g/mol. The molecule has 1 atom stereocenters. The van der Waals surface area contributed by atoms with Crippen LogP contribution >= 0.6 is 11.8 Å². The number of rotatable bonds is 8. The zero-order chi connectivity index (χ0) is 18.2. The van der Waals surface area contributed by atoms with E-state index in [0.717, 1.165) is 30.9 Å². The molecule has 1 heterocycles. The summed E-state index contributed by atoms with van der Waals surface area (Å²) in [4.78, 5) is 16.0. The van der Waals surface area contributed by atoms with Crippen molar-refractivity contribution in [3.63, 3.8) is 0 Å². The van der Waals surface area contributed by atoms with Crippen molar-refractivity contribution in [1.82, 2.24) is 16.0 Å². The van der Waals surface area contributed by atoms with Gasteiger partial charge in [-0.15, -0.1) is 0 Å². The van der Waals surface area contributed by atoms with Crippen molar-refractivity contribution in [3.8, 4) is 5.75 Å². The molecule has 2 aliphatic rings. The molecular weight excluding hydrogens is 348 g/mol.